The van der Waals surface area contributed by atoms with Gasteiger partial charge in [0.1, 0.15) is 6.61 Å². The maximum Gasteiger partial charge on any atom is 0.336 e. The lowest BCUT2D eigenvalue weighted by atomic mass is 10.0. The van der Waals surface area contributed by atoms with Crippen molar-refractivity contribution in [3.8, 4) is 0 Å². The van der Waals surface area contributed by atoms with Crippen molar-refractivity contribution in [1.29, 1.82) is 0 Å². The average Bonchev–Trinajstić information content (AvgIpc) is 2.94. The first kappa shape index (κ1) is 35.1. The average molecular weight is 605 g/mol. The van der Waals surface area contributed by atoms with E-state index in [1.807, 2.05) is 25.1 Å². The number of hydrogen-bond acceptors (Lipinski definition) is 6. The Morgan fingerprint density at radius 1 is 0.786 bits per heavy atom. The van der Waals surface area contributed by atoms with Crippen LogP contribution in [0.25, 0.3) is 0 Å². The van der Waals surface area contributed by atoms with E-state index in [0.717, 1.165) is 61.3 Å². The molecule has 0 heterocycles. The van der Waals surface area contributed by atoms with Crippen molar-refractivity contribution in [1.82, 2.24) is 5.32 Å². The number of hydrogen-bond donors (Lipinski definition) is 4. The number of anilines is 1. The number of benzene rings is 2. The number of carboxylic acids is 2. The van der Waals surface area contributed by atoms with E-state index < -0.39 is 36.7 Å². The first-order valence-electron chi connectivity index (χ1n) is 14.6. The van der Waals surface area contributed by atoms with E-state index in [4.69, 9.17) is 26.2 Å². The lowest BCUT2D eigenvalue weighted by Crippen LogP contribution is -2.49. The monoisotopic (exact) mass is 604 g/mol. The molecule has 0 aromatic heterocycles. The molecule has 2 aromatic carbocycles. The summed E-state index contributed by atoms with van der Waals surface area (Å²) >= 11 is 6.15. The number of carboxylic acid groups (broad SMARTS) is 2. The van der Waals surface area contributed by atoms with Crippen LogP contribution in [0.4, 0.5) is 5.69 Å². The van der Waals surface area contributed by atoms with Gasteiger partial charge in [0.2, 0.25) is 0 Å². The smallest absolute Gasteiger partial charge is 0.336 e. The van der Waals surface area contributed by atoms with E-state index in [2.05, 4.69) is 42.7 Å². The molecule has 2 unspecified atom stereocenters. The minimum atomic E-state index is -1.72. The lowest BCUT2D eigenvalue weighted by molar-refractivity contribution is -0.172. The van der Waals surface area contributed by atoms with Crippen LogP contribution in [-0.4, -0.2) is 66.6 Å². The number of halogens is 1. The zero-order chi connectivity index (χ0) is 30.9. The van der Waals surface area contributed by atoms with Gasteiger partial charge >= 0.3 is 11.9 Å². The molecule has 232 valence electrons. The highest BCUT2D eigenvalue weighted by molar-refractivity contribution is 6.31. The molecule has 4 N–H and O–H groups in total. The van der Waals surface area contributed by atoms with Gasteiger partial charge in [-0.3, -0.25) is 4.79 Å². The van der Waals surface area contributed by atoms with Crippen molar-refractivity contribution in [3.05, 3.63) is 63.7 Å². The molecular formula is C32H45ClN2O7. The molecule has 0 spiro atoms. The van der Waals surface area contributed by atoms with Crippen molar-refractivity contribution in [3.63, 3.8) is 0 Å². The Balaban J connectivity index is 1.74. The number of aryl methyl sites for hydroxylation is 4. The number of ether oxygens (including phenoxy) is 2. The summed E-state index contributed by atoms with van der Waals surface area (Å²) in [6.07, 6.45) is 3.61. The highest BCUT2D eigenvalue weighted by Crippen LogP contribution is 2.20. The number of carbonyl (C=O) groups excluding carboxylic acids is 1. The molecular weight excluding hydrogens is 560 g/mol. The van der Waals surface area contributed by atoms with Crippen molar-refractivity contribution < 1.29 is 34.1 Å². The molecule has 0 saturated carbocycles. The Morgan fingerprint density at radius 2 is 1.48 bits per heavy atom. The predicted octanol–water partition coefficient (Wildman–Crippen LogP) is 5.71. The number of rotatable bonds is 21. The molecule has 2 atom stereocenters. The third-order valence-corrected chi connectivity index (χ3v) is 7.45. The Labute approximate surface area is 253 Å². The Morgan fingerprint density at radius 3 is 2.14 bits per heavy atom. The third-order valence-electron chi connectivity index (χ3n) is 7.05. The molecule has 10 heteroatoms. The van der Waals surface area contributed by atoms with E-state index in [9.17, 15) is 19.5 Å². The van der Waals surface area contributed by atoms with Crippen molar-refractivity contribution >= 4 is 35.1 Å². The number of carbonyl (C=O) groups is 3. The van der Waals surface area contributed by atoms with Crippen LogP contribution in [0.15, 0.2) is 36.4 Å². The Hall–Kier alpha value is -3.14. The minimum Gasteiger partial charge on any atom is -0.480 e. The van der Waals surface area contributed by atoms with Gasteiger partial charge in [0.05, 0.1) is 0 Å². The molecule has 42 heavy (non-hydrogen) atoms. The highest BCUT2D eigenvalue weighted by Gasteiger charge is 2.36. The normalized spacial score (nSPS) is 12.5. The number of unbranched alkanes of at least 4 members (excludes halogenated alkanes) is 5. The standard InChI is InChI=1S/C32H45ClN2O7/c1-22-12-14-25(19-24(22)3)11-7-6-10-18-41-29(30(32(39)40)42-21-28(36)37)31(38)35-17-9-5-4-8-16-34-26-15-13-23(2)27(33)20-26/h12-15,19-20,29-30,34H,4-11,16-18,21H2,1-3H3,(H,35,38)(H,36,37)(H,39,40). The van der Waals surface area contributed by atoms with Gasteiger partial charge in [-0.05, 0) is 87.3 Å². The van der Waals surface area contributed by atoms with E-state index in [1.165, 1.54) is 16.7 Å². The van der Waals surface area contributed by atoms with Crippen LogP contribution < -0.4 is 10.6 Å². The van der Waals surface area contributed by atoms with Crippen LogP contribution in [0.2, 0.25) is 5.02 Å². The molecule has 9 nitrogen and oxygen atoms in total. The quantitative estimate of drug-likeness (QED) is 0.133. The fourth-order valence-electron chi connectivity index (χ4n) is 4.38. The second-order valence-electron chi connectivity index (χ2n) is 10.6. The summed E-state index contributed by atoms with van der Waals surface area (Å²) in [4.78, 5) is 35.7. The Kier molecular flexibility index (Phi) is 16.0. The third kappa shape index (κ3) is 13.2. The largest absolute Gasteiger partial charge is 0.480 e. The minimum absolute atomic E-state index is 0.157. The van der Waals surface area contributed by atoms with E-state index in [1.54, 1.807) is 0 Å². The zero-order valence-corrected chi connectivity index (χ0v) is 25.7. The van der Waals surface area contributed by atoms with Gasteiger partial charge in [0.25, 0.3) is 5.91 Å². The topological polar surface area (TPSA) is 134 Å². The molecule has 0 aliphatic carbocycles. The van der Waals surface area contributed by atoms with Gasteiger partial charge in [0, 0.05) is 30.4 Å². The molecule has 0 saturated heterocycles. The first-order chi connectivity index (χ1) is 20.1. The van der Waals surface area contributed by atoms with Gasteiger partial charge in [-0.25, -0.2) is 9.59 Å². The summed E-state index contributed by atoms with van der Waals surface area (Å²) < 4.78 is 10.7. The molecule has 0 aliphatic heterocycles. The van der Waals surface area contributed by atoms with Crippen LogP contribution in [0.5, 0.6) is 0 Å². The van der Waals surface area contributed by atoms with Gasteiger partial charge < -0.3 is 30.3 Å². The molecule has 2 aromatic rings. The van der Waals surface area contributed by atoms with Crippen LogP contribution in [0, 0.1) is 20.8 Å². The van der Waals surface area contributed by atoms with Crippen LogP contribution in [-0.2, 0) is 30.3 Å². The molecule has 0 radical (unpaired) electrons. The number of nitrogens with one attached hydrogen (secondary N) is 2. The maximum absolute atomic E-state index is 12.9. The van der Waals surface area contributed by atoms with Crippen molar-refractivity contribution in [2.75, 3.05) is 31.6 Å². The van der Waals surface area contributed by atoms with E-state index in [-0.39, 0.29) is 6.61 Å². The van der Waals surface area contributed by atoms with Gasteiger partial charge in [-0.15, -0.1) is 0 Å². The van der Waals surface area contributed by atoms with Crippen LogP contribution in [0.3, 0.4) is 0 Å². The Bertz CT molecular complexity index is 1160. The summed E-state index contributed by atoms with van der Waals surface area (Å²) in [6.45, 7) is 6.59. The van der Waals surface area contributed by atoms with Gasteiger partial charge in [0.15, 0.2) is 12.2 Å². The summed E-state index contributed by atoms with van der Waals surface area (Å²) in [7, 11) is 0. The van der Waals surface area contributed by atoms with Crippen LogP contribution >= 0.6 is 11.6 Å². The fourth-order valence-corrected chi connectivity index (χ4v) is 4.56. The lowest BCUT2D eigenvalue weighted by Gasteiger charge is -2.23. The molecule has 0 bridgehead atoms. The summed E-state index contributed by atoms with van der Waals surface area (Å²) in [5.41, 5.74) is 5.78. The summed E-state index contributed by atoms with van der Waals surface area (Å²) in [6, 6.07) is 12.3. The van der Waals surface area contributed by atoms with Crippen molar-refractivity contribution in [2.45, 2.75) is 84.3 Å². The second kappa shape index (κ2) is 19.1. The van der Waals surface area contributed by atoms with Gasteiger partial charge in [-0.2, -0.15) is 0 Å². The molecule has 1 amide bonds. The predicted molar refractivity (Wildman–Crippen MR) is 164 cm³/mol. The summed E-state index contributed by atoms with van der Waals surface area (Å²) in [5, 5.41) is 25.4. The summed E-state index contributed by atoms with van der Waals surface area (Å²) in [5.74, 6) is -3.40. The highest BCUT2D eigenvalue weighted by atomic mass is 35.5. The second-order valence-corrected chi connectivity index (χ2v) is 11.0. The van der Waals surface area contributed by atoms with Crippen LogP contribution in [0.1, 0.15) is 67.2 Å². The van der Waals surface area contributed by atoms with Gasteiger partial charge in [-0.1, -0.05) is 55.1 Å². The molecule has 0 aliphatic rings. The van der Waals surface area contributed by atoms with E-state index >= 15 is 0 Å². The van der Waals surface area contributed by atoms with Crippen molar-refractivity contribution in [2.24, 2.45) is 0 Å². The van der Waals surface area contributed by atoms with E-state index in [0.29, 0.717) is 19.4 Å². The molecule has 0 fully saturated rings. The molecule has 2 rings (SSSR count). The fraction of sp³-hybridized carbons (Fsp3) is 0.531. The first-order valence-corrected chi connectivity index (χ1v) is 15.0. The zero-order valence-electron chi connectivity index (χ0n) is 24.9. The number of amides is 1. The maximum atomic E-state index is 12.9. The SMILES string of the molecule is Cc1ccc(CCCCCOC(C(=O)NCCCCCCNc2ccc(C)c(Cl)c2)C(OCC(=O)O)C(=O)O)cc1C. The number of aliphatic carboxylic acids is 2.